The highest BCUT2D eigenvalue weighted by molar-refractivity contribution is 7.88. The van der Waals surface area contributed by atoms with E-state index in [2.05, 4.69) is 20.5 Å². The molecule has 4 rings (SSSR count). The molecule has 2 aromatic heterocycles. The summed E-state index contributed by atoms with van der Waals surface area (Å²) in [6.07, 6.45) is 3.33. The molecule has 0 aliphatic carbocycles. The SMILES string of the molecule is O=S(=O)(Cc1cc(F)ccc1F)N1CCN(c2ccc(Nc3ccncc3)nn2)CC1. The van der Waals surface area contributed by atoms with Crippen LogP contribution in [-0.2, 0) is 15.8 Å². The van der Waals surface area contributed by atoms with Crippen LogP contribution in [0.25, 0.3) is 0 Å². The Kier molecular flexibility index (Phi) is 6.05. The third-order valence-electron chi connectivity index (χ3n) is 4.90. The van der Waals surface area contributed by atoms with Crippen LogP contribution in [0.3, 0.4) is 0 Å². The predicted octanol–water partition coefficient (Wildman–Crippen LogP) is 2.55. The molecular formula is C20H20F2N6O2S. The van der Waals surface area contributed by atoms with Crippen molar-refractivity contribution in [2.45, 2.75) is 5.75 Å². The lowest BCUT2D eigenvalue weighted by Gasteiger charge is -2.34. The summed E-state index contributed by atoms with van der Waals surface area (Å²) in [5, 5.41) is 11.5. The first-order valence-electron chi connectivity index (χ1n) is 9.58. The first kappa shape index (κ1) is 21.1. The van der Waals surface area contributed by atoms with Gasteiger partial charge in [0.15, 0.2) is 11.6 Å². The van der Waals surface area contributed by atoms with Gasteiger partial charge >= 0.3 is 0 Å². The first-order chi connectivity index (χ1) is 14.9. The quantitative estimate of drug-likeness (QED) is 0.622. The van der Waals surface area contributed by atoms with Crippen LogP contribution in [-0.4, -0.2) is 54.1 Å². The summed E-state index contributed by atoms with van der Waals surface area (Å²) in [7, 11) is -3.77. The van der Waals surface area contributed by atoms with E-state index in [1.54, 1.807) is 18.5 Å². The van der Waals surface area contributed by atoms with Crippen molar-refractivity contribution in [3.8, 4) is 0 Å². The second kappa shape index (κ2) is 8.90. The van der Waals surface area contributed by atoms with Crippen LogP contribution in [0.2, 0.25) is 0 Å². The Bertz CT molecular complexity index is 1140. The van der Waals surface area contributed by atoms with Gasteiger partial charge in [0.25, 0.3) is 0 Å². The van der Waals surface area contributed by atoms with Crippen molar-refractivity contribution in [2.75, 3.05) is 36.4 Å². The lowest BCUT2D eigenvalue weighted by atomic mass is 10.2. The molecule has 0 atom stereocenters. The van der Waals surface area contributed by atoms with Gasteiger partial charge in [-0.05, 0) is 42.5 Å². The fourth-order valence-corrected chi connectivity index (χ4v) is 4.80. The molecule has 0 amide bonds. The van der Waals surface area contributed by atoms with Crippen molar-refractivity contribution in [2.24, 2.45) is 0 Å². The fourth-order valence-electron chi connectivity index (χ4n) is 3.28. The topological polar surface area (TPSA) is 91.3 Å². The average Bonchev–Trinajstić information content (AvgIpc) is 2.77. The van der Waals surface area contributed by atoms with E-state index in [-0.39, 0.29) is 18.7 Å². The fraction of sp³-hybridized carbons (Fsp3) is 0.250. The van der Waals surface area contributed by atoms with Gasteiger partial charge in [0.2, 0.25) is 10.0 Å². The van der Waals surface area contributed by atoms with E-state index in [0.717, 1.165) is 23.9 Å². The standard InChI is InChI=1S/C20H20F2N6O2S/c21-16-1-2-18(22)15(13-16)14-31(29,30)28-11-9-27(10-12-28)20-4-3-19(25-26-20)24-17-5-7-23-8-6-17/h1-8,13H,9-12,14H2,(H,23,24,25). The number of benzene rings is 1. The lowest BCUT2D eigenvalue weighted by molar-refractivity contribution is 0.382. The Labute approximate surface area is 178 Å². The lowest BCUT2D eigenvalue weighted by Crippen LogP contribution is -2.49. The van der Waals surface area contributed by atoms with E-state index >= 15 is 0 Å². The largest absolute Gasteiger partial charge is 0.352 e. The Morgan fingerprint density at radius 3 is 2.35 bits per heavy atom. The number of nitrogens with one attached hydrogen (secondary N) is 1. The van der Waals surface area contributed by atoms with E-state index in [4.69, 9.17) is 0 Å². The number of rotatable bonds is 6. The molecule has 3 heterocycles. The van der Waals surface area contributed by atoms with Crippen molar-refractivity contribution in [1.82, 2.24) is 19.5 Å². The van der Waals surface area contributed by atoms with Gasteiger partial charge in [-0.2, -0.15) is 4.31 Å². The van der Waals surface area contributed by atoms with Crippen molar-refractivity contribution in [3.63, 3.8) is 0 Å². The van der Waals surface area contributed by atoms with E-state index in [9.17, 15) is 17.2 Å². The molecule has 31 heavy (non-hydrogen) atoms. The minimum Gasteiger partial charge on any atom is -0.352 e. The highest BCUT2D eigenvalue weighted by atomic mass is 32.2. The van der Waals surface area contributed by atoms with Crippen molar-refractivity contribution >= 4 is 27.3 Å². The molecule has 1 fully saturated rings. The second-order valence-corrected chi connectivity index (χ2v) is 8.98. The molecule has 1 saturated heterocycles. The maximum Gasteiger partial charge on any atom is 0.218 e. The number of halogens is 2. The molecular weight excluding hydrogens is 426 g/mol. The van der Waals surface area contributed by atoms with Crippen LogP contribution in [0.4, 0.5) is 26.1 Å². The second-order valence-electron chi connectivity index (χ2n) is 7.02. The predicted molar refractivity (Wildman–Crippen MR) is 112 cm³/mol. The third-order valence-corrected chi connectivity index (χ3v) is 6.73. The number of hydrogen-bond acceptors (Lipinski definition) is 7. The normalized spacial score (nSPS) is 15.1. The van der Waals surface area contributed by atoms with Crippen molar-refractivity contribution < 1.29 is 17.2 Å². The highest BCUT2D eigenvalue weighted by Crippen LogP contribution is 2.20. The zero-order valence-corrected chi connectivity index (χ0v) is 17.3. The monoisotopic (exact) mass is 446 g/mol. The van der Waals surface area contributed by atoms with Gasteiger partial charge < -0.3 is 10.2 Å². The van der Waals surface area contributed by atoms with Crippen LogP contribution < -0.4 is 10.2 Å². The number of sulfonamides is 1. The average molecular weight is 446 g/mol. The number of nitrogens with zero attached hydrogens (tertiary/aromatic N) is 5. The molecule has 162 valence electrons. The van der Waals surface area contributed by atoms with Crippen LogP contribution in [0, 0.1) is 11.6 Å². The number of anilines is 3. The summed E-state index contributed by atoms with van der Waals surface area (Å²) in [6, 6.07) is 10.0. The molecule has 0 unspecified atom stereocenters. The van der Waals surface area contributed by atoms with Gasteiger partial charge in [-0.3, -0.25) is 4.98 Å². The summed E-state index contributed by atoms with van der Waals surface area (Å²) in [4.78, 5) is 5.88. The summed E-state index contributed by atoms with van der Waals surface area (Å²) < 4.78 is 53.8. The van der Waals surface area contributed by atoms with E-state index in [0.29, 0.717) is 24.7 Å². The molecule has 0 spiro atoms. The Balaban J connectivity index is 1.36. The summed E-state index contributed by atoms with van der Waals surface area (Å²) in [6.45, 7) is 1.27. The van der Waals surface area contributed by atoms with Crippen molar-refractivity contribution in [3.05, 3.63) is 72.1 Å². The van der Waals surface area contributed by atoms with Crippen LogP contribution in [0.5, 0.6) is 0 Å². The molecule has 1 aromatic carbocycles. The van der Waals surface area contributed by atoms with Gasteiger partial charge in [0, 0.05) is 49.8 Å². The first-order valence-corrected chi connectivity index (χ1v) is 11.2. The third kappa shape index (κ3) is 5.12. The smallest absolute Gasteiger partial charge is 0.218 e. The van der Waals surface area contributed by atoms with Crippen LogP contribution in [0.1, 0.15) is 5.56 Å². The van der Waals surface area contributed by atoms with Gasteiger partial charge in [-0.1, -0.05) is 0 Å². The molecule has 1 N–H and O–H groups in total. The number of pyridine rings is 1. The molecule has 1 aliphatic rings. The maximum absolute atomic E-state index is 13.8. The number of hydrogen-bond donors (Lipinski definition) is 1. The maximum atomic E-state index is 13.8. The van der Waals surface area contributed by atoms with Gasteiger partial charge in [-0.25, -0.2) is 17.2 Å². The van der Waals surface area contributed by atoms with Gasteiger partial charge in [0.1, 0.15) is 11.6 Å². The molecule has 8 nitrogen and oxygen atoms in total. The molecule has 11 heteroatoms. The highest BCUT2D eigenvalue weighted by Gasteiger charge is 2.28. The van der Waals surface area contributed by atoms with Crippen LogP contribution >= 0.6 is 0 Å². The summed E-state index contributed by atoms with van der Waals surface area (Å²) >= 11 is 0. The molecule has 0 saturated carbocycles. The molecule has 0 bridgehead atoms. The molecule has 0 radical (unpaired) electrons. The zero-order valence-electron chi connectivity index (χ0n) is 16.4. The van der Waals surface area contributed by atoms with Gasteiger partial charge in [0.05, 0.1) is 5.75 Å². The zero-order chi connectivity index (χ0) is 21.8. The summed E-state index contributed by atoms with van der Waals surface area (Å²) in [5.41, 5.74) is 0.663. The van der Waals surface area contributed by atoms with Crippen LogP contribution in [0.15, 0.2) is 54.9 Å². The number of aromatic nitrogens is 3. The summed E-state index contributed by atoms with van der Waals surface area (Å²) in [5.74, 6) is -0.774. The minimum absolute atomic E-state index is 0.175. The molecule has 1 aliphatic heterocycles. The van der Waals surface area contributed by atoms with E-state index < -0.39 is 27.4 Å². The Morgan fingerprint density at radius 2 is 1.68 bits per heavy atom. The van der Waals surface area contributed by atoms with Gasteiger partial charge in [-0.15, -0.1) is 10.2 Å². The Hall–Kier alpha value is -3.18. The Morgan fingerprint density at radius 1 is 0.935 bits per heavy atom. The minimum atomic E-state index is -3.77. The van der Waals surface area contributed by atoms with Crippen molar-refractivity contribution in [1.29, 1.82) is 0 Å². The number of piperazine rings is 1. The van der Waals surface area contributed by atoms with E-state index in [1.165, 1.54) is 4.31 Å². The van der Waals surface area contributed by atoms with E-state index in [1.807, 2.05) is 23.1 Å². The molecule has 3 aromatic rings.